The van der Waals surface area contributed by atoms with Crippen LogP contribution in [0.2, 0.25) is 0 Å². The van der Waals surface area contributed by atoms with E-state index in [9.17, 15) is 14.7 Å². The number of hydrogen-bond donors (Lipinski definition) is 2. The number of aryl methyl sites for hydroxylation is 1. The van der Waals surface area contributed by atoms with E-state index in [-0.39, 0.29) is 11.3 Å². The molecule has 0 fully saturated rings. The Labute approximate surface area is 133 Å². The molecule has 0 saturated carbocycles. The maximum Gasteiger partial charge on any atom is 0.350 e. The summed E-state index contributed by atoms with van der Waals surface area (Å²) in [6.07, 6.45) is 0. The lowest BCUT2D eigenvalue weighted by molar-refractivity contribution is 0.0607. The molecule has 2 N–H and O–H groups in total. The van der Waals surface area contributed by atoms with Crippen LogP contribution in [0.15, 0.2) is 28.1 Å². The van der Waals surface area contributed by atoms with Crippen LogP contribution in [0.5, 0.6) is 5.75 Å². The molecule has 0 saturated heterocycles. The first kappa shape index (κ1) is 15.5. The van der Waals surface area contributed by atoms with Crippen molar-refractivity contribution < 1.29 is 19.4 Å². The number of carbonyl (C=O) groups excluding carboxylic acids is 2. The maximum atomic E-state index is 12.3. The van der Waals surface area contributed by atoms with Crippen LogP contribution in [0.25, 0.3) is 0 Å². The number of carbonyl (C=O) groups is 2. The van der Waals surface area contributed by atoms with Crippen LogP contribution in [0, 0.1) is 6.92 Å². The highest BCUT2D eigenvalue weighted by molar-refractivity contribution is 9.10. The highest BCUT2D eigenvalue weighted by atomic mass is 79.9. The largest absolute Gasteiger partial charge is 0.507 e. The fourth-order valence-electron chi connectivity index (χ4n) is 1.71. The van der Waals surface area contributed by atoms with Crippen molar-refractivity contribution in [1.82, 2.24) is 0 Å². The number of phenols is 1. The summed E-state index contributed by atoms with van der Waals surface area (Å²) in [5, 5.41) is 14.2. The topological polar surface area (TPSA) is 75.6 Å². The number of halogens is 1. The zero-order valence-corrected chi connectivity index (χ0v) is 13.7. The number of amides is 1. The van der Waals surface area contributed by atoms with E-state index in [0.29, 0.717) is 15.0 Å². The Kier molecular flexibility index (Phi) is 4.64. The summed E-state index contributed by atoms with van der Waals surface area (Å²) in [6, 6.07) is 4.55. The summed E-state index contributed by atoms with van der Waals surface area (Å²) >= 11 is 4.44. The average Bonchev–Trinajstić information content (AvgIpc) is 2.82. The zero-order valence-electron chi connectivity index (χ0n) is 11.3. The number of methoxy groups -OCH3 is 1. The lowest BCUT2D eigenvalue weighted by Crippen LogP contribution is -2.15. The van der Waals surface area contributed by atoms with Crippen LogP contribution in [0.4, 0.5) is 5.69 Å². The van der Waals surface area contributed by atoms with Gasteiger partial charge in [0.25, 0.3) is 5.91 Å². The predicted molar refractivity (Wildman–Crippen MR) is 84.2 cm³/mol. The van der Waals surface area contributed by atoms with Gasteiger partial charge in [-0.3, -0.25) is 4.79 Å². The SMILES string of the molecule is COC(=O)c1scc(C)c1NC(=O)c1cc(Br)ccc1O. The molecule has 1 aromatic heterocycles. The first-order valence-electron chi connectivity index (χ1n) is 5.90. The Morgan fingerprint density at radius 1 is 1.38 bits per heavy atom. The molecule has 1 amide bonds. The fraction of sp³-hybridized carbons (Fsp3) is 0.143. The molecular weight excluding hydrogens is 358 g/mol. The highest BCUT2D eigenvalue weighted by Crippen LogP contribution is 2.30. The van der Waals surface area contributed by atoms with Gasteiger partial charge in [-0.2, -0.15) is 0 Å². The van der Waals surface area contributed by atoms with Crippen molar-refractivity contribution in [3.63, 3.8) is 0 Å². The summed E-state index contributed by atoms with van der Waals surface area (Å²) in [6.45, 7) is 1.78. The summed E-state index contributed by atoms with van der Waals surface area (Å²) in [7, 11) is 1.28. The molecule has 1 aromatic carbocycles. The predicted octanol–water partition coefficient (Wildman–Crippen LogP) is 3.56. The number of thiophene rings is 1. The summed E-state index contributed by atoms with van der Waals surface area (Å²) < 4.78 is 5.35. The molecule has 0 unspecified atom stereocenters. The highest BCUT2D eigenvalue weighted by Gasteiger charge is 2.20. The van der Waals surface area contributed by atoms with Crippen LogP contribution >= 0.6 is 27.3 Å². The number of ether oxygens (including phenoxy) is 1. The van der Waals surface area contributed by atoms with Gasteiger partial charge in [-0.1, -0.05) is 15.9 Å². The molecule has 1 heterocycles. The van der Waals surface area contributed by atoms with Crippen molar-refractivity contribution in [3.8, 4) is 5.75 Å². The Bertz CT molecular complexity index is 711. The average molecular weight is 370 g/mol. The zero-order chi connectivity index (χ0) is 15.6. The van der Waals surface area contributed by atoms with E-state index in [0.717, 1.165) is 5.56 Å². The quantitative estimate of drug-likeness (QED) is 0.810. The van der Waals surface area contributed by atoms with Gasteiger partial charge >= 0.3 is 5.97 Å². The van der Waals surface area contributed by atoms with Gasteiger partial charge in [0.05, 0.1) is 18.4 Å². The molecule has 2 rings (SSSR count). The van der Waals surface area contributed by atoms with E-state index in [2.05, 4.69) is 26.0 Å². The van der Waals surface area contributed by atoms with Crippen LogP contribution in [-0.2, 0) is 4.74 Å². The molecule has 0 atom stereocenters. The minimum absolute atomic E-state index is 0.116. The molecule has 5 nitrogen and oxygen atoms in total. The lowest BCUT2D eigenvalue weighted by atomic mass is 10.1. The van der Waals surface area contributed by atoms with Crippen molar-refractivity contribution in [2.24, 2.45) is 0 Å². The molecular formula is C14H12BrNO4S. The number of rotatable bonds is 3. The van der Waals surface area contributed by atoms with Gasteiger partial charge in [-0.25, -0.2) is 4.79 Å². The van der Waals surface area contributed by atoms with Crippen LogP contribution in [0.3, 0.4) is 0 Å². The Morgan fingerprint density at radius 2 is 2.10 bits per heavy atom. The minimum Gasteiger partial charge on any atom is -0.507 e. The van der Waals surface area contributed by atoms with Gasteiger partial charge in [0.2, 0.25) is 0 Å². The maximum absolute atomic E-state index is 12.3. The Balaban J connectivity index is 2.34. The first-order valence-corrected chi connectivity index (χ1v) is 7.57. The molecule has 0 aliphatic rings. The van der Waals surface area contributed by atoms with Gasteiger partial charge in [-0.05, 0) is 36.1 Å². The molecule has 110 valence electrons. The smallest absolute Gasteiger partial charge is 0.350 e. The third-order valence-corrected chi connectivity index (χ3v) is 4.36. The van der Waals surface area contributed by atoms with Crippen molar-refractivity contribution in [1.29, 1.82) is 0 Å². The second kappa shape index (κ2) is 6.28. The first-order chi connectivity index (χ1) is 9.93. The molecule has 2 aromatic rings. The number of esters is 1. The van der Waals surface area contributed by atoms with Crippen molar-refractivity contribution >= 4 is 44.8 Å². The summed E-state index contributed by atoms with van der Waals surface area (Å²) in [4.78, 5) is 24.2. The molecule has 21 heavy (non-hydrogen) atoms. The van der Waals surface area contributed by atoms with E-state index in [1.807, 2.05) is 0 Å². The van der Waals surface area contributed by atoms with Gasteiger partial charge in [0.15, 0.2) is 0 Å². The fourth-order valence-corrected chi connectivity index (χ4v) is 3.00. The van der Waals surface area contributed by atoms with E-state index < -0.39 is 11.9 Å². The normalized spacial score (nSPS) is 10.2. The summed E-state index contributed by atoms with van der Waals surface area (Å²) in [5.74, 6) is -1.15. The minimum atomic E-state index is -0.512. The van der Waals surface area contributed by atoms with Gasteiger partial charge in [0.1, 0.15) is 10.6 Å². The third-order valence-electron chi connectivity index (χ3n) is 2.79. The number of hydrogen-bond acceptors (Lipinski definition) is 5. The van der Waals surface area contributed by atoms with Crippen molar-refractivity contribution in [3.05, 3.63) is 44.1 Å². The second-order valence-electron chi connectivity index (χ2n) is 4.23. The molecule has 7 heteroatoms. The molecule has 0 radical (unpaired) electrons. The van der Waals surface area contributed by atoms with Crippen molar-refractivity contribution in [2.75, 3.05) is 12.4 Å². The summed E-state index contributed by atoms with van der Waals surface area (Å²) in [5.41, 5.74) is 1.27. The van der Waals surface area contributed by atoms with E-state index in [1.165, 1.54) is 30.6 Å². The van der Waals surface area contributed by atoms with E-state index >= 15 is 0 Å². The van der Waals surface area contributed by atoms with E-state index in [1.54, 1.807) is 18.4 Å². The second-order valence-corrected chi connectivity index (χ2v) is 6.03. The lowest BCUT2D eigenvalue weighted by Gasteiger charge is -2.09. The Morgan fingerprint density at radius 3 is 2.76 bits per heavy atom. The number of aromatic hydroxyl groups is 1. The van der Waals surface area contributed by atoms with Gasteiger partial charge in [-0.15, -0.1) is 11.3 Å². The Hall–Kier alpha value is -1.86. The van der Waals surface area contributed by atoms with Crippen LogP contribution < -0.4 is 5.32 Å². The number of anilines is 1. The van der Waals surface area contributed by atoms with Crippen molar-refractivity contribution in [2.45, 2.75) is 6.92 Å². The molecule has 0 bridgehead atoms. The number of phenolic OH excluding ortho intramolecular Hbond substituents is 1. The molecule has 0 aliphatic heterocycles. The number of benzene rings is 1. The molecule has 0 spiro atoms. The van der Waals surface area contributed by atoms with Crippen LogP contribution in [0.1, 0.15) is 25.6 Å². The monoisotopic (exact) mass is 369 g/mol. The van der Waals surface area contributed by atoms with Gasteiger partial charge in [0, 0.05) is 4.47 Å². The van der Waals surface area contributed by atoms with E-state index in [4.69, 9.17) is 0 Å². The van der Waals surface area contributed by atoms with Crippen LogP contribution in [-0.4, -0.2) is 24.1 Å². The third kappa shape index (κ3) is 3.25. The number of nitrogens with one attached hydrogen (secondary N) is 1. The standard InChI is InChI=1S/C14H12BrNO4S/c1-7-6-21-12(14(19)20-2)11(7)16-13(18)9-5-8(15)3-4-10(9)17/h3-6,17H,1-2H3,(H,16,18). The van der Waals surface area contributed by atoms with Gasteiger partial charge < -0.3 is 15.2 Å². The molecule has 0 aliphatic carbocycles.